The minimum absolute atomic E-state index is 0.275. The van der Waals surface area contributed by atoms with Crippen LogP contribution in [-0.4, -0.2) is 48.3 Å². The third kappa shape index (κ3) is 8.17. The second-order valence-electron chi connectivity index (χ2n) is 2.58. The van der Waals surface area contributed by atoms with Crippen LogP contribution < -0.4 is 0 Å². The van der Waals surface area contributed by atoms with Crippen molar-refractivity contribution in [3.63, 3.8) is 0 Å². The Morgan fingerprint density at radius 1 is 1.36 bits per heavy atom. The topological polar surface area (TPSA) is 23.5 Å². The number of hydrogen-bond donors (Lipinski definition) is 1. The van der Waals surface area contributed by atoms with Crippen LogP contribution in [0.5, 0.6) is 0 Å². The zero-order valence-corrected chi connectivity index (χ0v) is 8.36. The Bertz CT molecular complexity index is 80.5. The summed E-state index contributed by atoms with van der Waals surface area (Å²) in [6, 6.07) is 0. The van der Waals surface area contributed by atoms with Crippen molar-refractivity contribution in [2.75, 3.05) is 38.2 Å². The first kappa shape index (κ1) is 11.3. The summed E-state index contributed by atoms with van der Waals surface area (Å²) in [5.41, 5.74) is 0. The molecule has 68 valence electrons. The fourth-order valence-corrected chi connectivity index (χ4v) is 1.49. The summed E-state index contributed by atoms with van der Waals surface area (Å²) < 4.78 is 0. The van der Waals surface area contributed by atoms with Crippen LogP contribution in [0.1, 0.15) is 13.3 Å². The first-order valence-corrected chi connectivity index (χ1v) is 5.34. The summed E-state index contributed by atoms with van der Waals surface area (Å²) in [5, 5.41) is 8.59. The van der Waals surface area contributed by atoms with Gasteiger partial charge in [0.25, 0.3) is 0 Å². The van der Waals surface area contributed by atoms with Crippen LogP contribution in [0.25, 0.3) is 0 Å². The average Bonchev–Trinajstić information content (AvgIpc) is 1.99. The van der Waals surface area contributed by atoms with Crippen molar-refractivity contribution in [3.8, 4) is 0 Å². The van der Waals surface area contributed by atoms with E-state index < -0.39 is 0 Å². The van der Waals surface area contributed by atoms with E-state index in [9.17, 15) is 0 Å². The van der Waals surface area contributed by atoms with Crippen molar-refractivity contribution in [3.05, 3.63) is 0 Å². The summed E-state index contributed by atoms with van der Waals surface area (Å²) in [7, 11) is 2.05. The summed E-state index contributed by atoms with van der Waals surface area (Å²) in [6.07, 6.45) is 1.23. The van der Waals surface area contributed by atoms with E-state index >= 15 is 0 Å². The SMILES string of the molecule is CCSCCCN(C)CCO. The van der Waals surface area contributed by atoms with E-state index in [1.807, 2.05) is 18.8 Å². The van der Waals surface area contributed by atoms with Crippen LogP contribution >= 0.6 is 11.8 Å². The van der Waals surface area contributed by atoms with Crippen LogP contribution in [0.15, 0.2) is 0 Å². The van der Waals surface area contributed by atoms with Gasteiger partial charge in [-0.3, -0.25) is 0 Å². The van der Waals surface area contributed by atoms with Gasteiger partial charge in [0.15, 0.2) is 0 Å². The number of aliphatic hydroxyl groups excluding tert-OH is 1. The van der Waals surface area contributed by atoms with E-state index in [0.29, 0.717) is 0 Å². The molecule has 2 nitrogen and oxygen atoms in total. The average molecular weight is 177 g/mol. The Hall–Kier alpha value is 0.270. The number of rotatable bonds is 7. The second kappa shape index (κ2) is 8.37. The summed E-state index contributed by atoms with van der Waals surface area (Å²) in [4.78, 5) is 2.16. The molecule has 0 radical (unpaired) electrons. The fourth-order valence-electron chi connectivity index (χ4n) is 0.863. The van der Waals surface area contributed by atoms with E-state index in [-0.39, 0.29) is 6.61 Å². The molecule has 0 saturated carbocycles. The second-order valence-corrected chi connectivity index (χ2v) is 3.97. The van der Waals surface area contributed by atoms with Gasteiger partial charge < -0.3 is 10.0 Å². The molecule has 0 amide bonds. The molecule has 0 heterocycles. The standard InChI is InChI=1S/C8H19NOS/c1-3-11-8-4-5-9(2)6-7-10/h10H,3-8H2,1-2H3. The molecule has 0 saturated heterocycles. The maximum Gasteiger partial charge on any atom is 0.0558 e. The molecule has 0 rings (SSSR count). The summed E-state index contributed by atoms with van der Waals surface area (Å²) in [6.45, 7) is 4.36. The predicted octanol–water partition coefficient (Wildman–Crippen LogP) is 1.05. The molecule has 0 aromatic rings. The molecule has 0 spiro atoms. The fraction of sp³-hybridized carbons (Fsp3) is 1.00. The van der Waals surface area contributed by atoms with Crippen molar-refractivity contribution in [2.45, 2.75) is 13.3 Å². The molecule has 0 atom stereocenters. The number of thioether (sulfide) groups is 1. The van der Waals surface area contributed by atoms with Crippen molar-refractivity contribution >= 4 is 11.8 Å². The Balaban J connectivity index is 2.97. The highest BCUT2D eigenvalue weighted by atomic mass is 32.2. The van der Waals surface area contributed by atoms with Gasteiger partial charge in [-0.15, -0.1) is 0 Å². The molecule has 0 bridgehead atoms. The van der Waals surface area contributed by atoms with Gasteiger partial charge >= 0.3 is 0 Å². The third-order valence-electron chi connectivity index (χ3n) is 1.51. The van der Waals surface area contributed by atoms with E-state index in [4.69, 9.17) is 5.11 Å². The lowest BCUT2D eigenvalue weighted by atomic mass is 10.4. The van der Waals surface area contributed by atoms with Gasteiger partial charge in [0, 0.05) is 6.54 Å². The molecule has 0 aromatic carbocycles. The smallest absolute Gasteiger partial charge is 0.0558 e. The van der Waals surface area contributed by atoms with Gasteiger partial charge in [-0.05, 0) is 31.5 Å². The molecule has 0 fully saturated rings. The van der Waals surface area contributed by atoms with Crippen LogP contribution in [-0.2, 0) is 0 Å². The molecule has 3 heteroatoms. The predicted molar refractivity (Wildman–Crippen MR) is 52.2 cm³/mol. The monoisotopic (exact) mass is 177 g/mol. The molecule has 0 aromatic heterocycles. The molecule has 1 N–H and O–H groups in total. The summed E-state index contributed by atoms with van der Waals surface area (Å²) >= 11 is 1.98. The molecule has 0 aliphatic carbocycles. The van der Waals surface area contributed by atoms with Gasteiger partial charge in [0.1, 0.15) is 0 Å². The van der Waals surface area contributed by atoms with E-state index in [0.717, 1.165) is 13.1 Å². The number of aliphatic hydroxyl groups is 1. The van der Waals surface area contributed by atoms with Gasteiger partial charge in [-0.2, -0.15) is 11.8 Å². The Morgan fingerprint density at radius 2 is 2.09 bits per heavy atom. The lowest BCUT2D eigenvalue weighted by Gasteiger charge is -2.13. The molecular weight excluding hydrogens is 158 g/mol. The zero-order chi connectivity index (χ0) is 8.53. The first-order valence-electron chi connectivity index (χ1n) is 4.18. The number of hydrogen-bond acceptors (Lipinski definition) is 3. The molecule has 0 aliphatic heterocycles. The lowest BCUT2D eigenvalue weighted by Crippen LogP contribution is -2.23. The van der Waals surface area contributed by atoms with Crippen molar-refractivity contribution in [1.29, 1.82) is 0 Å². The maximum atomic E-state index is 8.59. The van der Waals surface area contributed by atoms with Crippen molar-refractivity contribution < 1.29 is 5.11 Å². The van der Waals surface area contributed by atoms with E-state index in [1.54, 1.807) is 0 Å². The van der Waals surface area contributed by atoms with Crippen molar-refractivity contribution in [1.82, 2.24) is 4.90 Å². The Labute approximate surface area is 74.0 Å². The third-order valence-corrected chi connectivity index (χ3v) is 2.50. The van der Waals surface area contributed by atoms with Crippen LogP contribution in [0.2, 0.25) is 0 Å². The molecule has 0 aliphatic rings. The lowest BCUT2D eigenvalue weighted by molar-refractivity contribution is 0.222. The largest absolute Gasteiger partial charge is 0.395 e. The quantitative estimate of drug-likeness (QED) is 0.588. The zero-order valence-electron chi connectivity index (χ0n) is 7.55. The van der Waals surface area contributed by atoms with Gasteiger partial charge in [0.05, 0.1) is 6.61 Å². The van der Waals surface area contributed by atoms with Crippen LogP contribution in [0, 0.1) is 0 Å². The normalized spacial score (nSPS) is 10.9. The Morgan fingerprint density at radius 3 is 2.64 bits per heavy atom. The van der Waals surface area contributed by atoms with Gasteiger partial charge in [0.2, 0.25) is 0 Å². The van der Waals surface area contributed by atoms with Gasteiger partial charge in [-0.25, -0.2) is 0 Å². The highest BCUT2D eigenvalue weighted by molar-refractivity contribution is 7.99. The molecular formula is C8H19NOS. The van der Waals surface area contributed by atoms with Crippen molar-refractivity contribution in [2.24, 2.45) is 0 Å². The molecule has 0 unspecified atom stereocenters. The Kier molecular flexibility index (Phi) is 8.57. The number of nitrogens with zero attached hydrogens (tertiary/aromatic N) is 1. The number of likely N-dealkylation sites (N-methyl/N-ethyl adjacent to an activating group) is 1. The highest BCUT2D eigenvalue weighted by Crippen LogP contribution is 2.01. The van der Waals surface area contributed by atoms with E-state index in [1.165, 1.54) is 17.9 Å². The van der Waals surface area contributed by atoms with Crippen LogP contribution in [0.4, 0.5) is 0 Å². The van der Waals surface area contributed by atoms with E-state index in [2.05, 4.69) is 11.8 Å². The highest BCUT2D eigenvalue weighted by Gasteiger charge is 1.95. The minimum atomic E-state index is 0.275. The first-order chi connectivity index (χ1) is 5.31. The molecule has 11 heavy (non-hydrogen) atoms. The van der Waals surface area contributed by atoms with Crippen LogP contribution in [0.3, 0.4) is 0 Å². The minimum Gasteiger partial charge on any atom is -0.395 e. The van der Waals surface area contributed by atoms with Gasteiger partial charge in [-0.1, -0.05) is 6.92 Å². The summed E-state index contributed by atoms with van der Waals surface area (Å²) in [5.74, 6) is 2.45. The maximum absolute atomic E-state index is 8.59.